The van der Waals surface area contributed by atoms with Gasteiger partial charge in [0.2, 0.25) is 0 Å². The molecule has 1 aromatic carbocycles. The van der Waals surface area contributed by atoms with Crippen molar-refractivity contribution in [1.29, 1.82) is 5.26 Å². The molecule has 0 atom stereocenters. The number of benzene rings is 1. The number of halogens is 1. The Hall–Kier alpha value is -2.93. The SMILES string of the molecule is N#Cc1cc(F)cc(-c2ccc(-c3ccccn3)o2)c1. The van der Waals surface area contributed by atoms with Gasteiger partial charge in [0.05, 0.1) is 11.6 Å². The predicted molar refractivity (Wildman–Crippen MR) is 72.0 cm³/mol. The van der Waals surface area contributed by atoms with Crippen molar-refractivity contribution in [3.05, 3.63) is 66.1 Å². The molecule has 0 fully saturated rings. The lowest BCUT2D eigenvalue weighted by molar-refractivity contribution is 0.591. The summed E-state index contributed by atoms with van der Waals surface area (Å²) in [7, 11) is 0. The van der Waals surface area contributed by atoms with E-state index in [-0.39, 0.29) is 5.56 Å². The molecule has 3 aromatic rings. The second kappa shape index (κ2) is 4.98. The quantitative estimate of drug-likeness (QED) is 0.702. The van der Waals surface area contributed by atoms with Crippen molar-refractivity contribution < 1.29 is 8.81 Å². The van der Waals surface area contributed by atoms with Crippen LogP contribution in [0, 0.1) is 17.1 Å². The van der Waals surface area contributed by atoms with Crippen LogP contribution in [-0.2, 0) is 0 Å². The molecular formula is C16H9FN2O. The Kier molecular flexibility index (Phi) is 3.02. The maximum Gasteiger partial charge on any atom is 0.153 e. The minimum Gasteiger partial charge on any atom is -0.454 e. The van der Waals surface area contributed by atoms with Gasteiger partial charge in [0.25, 0.3) is 0 Å². The minimum absolute atomic E-state index is 0.260. The molecule has 0 radical (unpaired) electrons. The van der Waals surface area contributed by atoms with E-state index in [1.807, 2.05) is 24.3 Å². The van der Waals surface area contributed by atoms with Crippen LogP contribution >= 0.6 is 0 Å². The highest BCUT2D eigenvalue weighted by Crippen LogP contribution is 2.28. The Labute approximate surface area is 114 Å². The number of rotatable bonds is 2. The van der Waals surface area contributed by atoms with Crippen molar-refractivity contribution in [2.24, 2.45) is 0 Å². The van der Waals surface area contributed by atoms with Crippen LogP contribution in [0.4, 0.5) is 4.39 Å². The van der Waals surface area contributed by atoms with E-state index in [1.165, 1.54) is 12.1 Å². The van der Waals surface area contributed by atoms with Gasteiger partial charge in [0, 0.05) is 11.8 Å². The Morgan fingerprint density at radius 3 is 2.65 bits per heavy atom. The molecule has 2 aromatic heterocycles. The number of hydrogen-bond acceptors (Lipinski definition) is 3. The van der Waals surface area contributed by atoms with E-state index in [1.54, 1.807) is 24.4 Å². The maximum atomic E-state index is 13.4. The zero-order chi connectivity index (χ0) is 13.9. The lowest BCUT2D eigenvalue weighted by atomic mass is 10.1. The number of aromatic nitrogens is 1. The second-order valence-electron chi connectivity index (χ2n) is 4.22. The van der Waals surface area contributed by atoms with Gasteiger partial charge in [-0.1, -0.05) is 6.07 Å². The third kappa shape index (κ3) is 2.29. The molecule has 96 valence electrons. The molecule has 0 aliphatic carbocycles. The van der Waals surface area contributed by atoms with Gasteiger partial charge in [-0.2, -0.15) is 5.26 Å². The highest BCUT2D eigenvalue weighted by molar-refractivity contribution is 5.64. The molecule has 0 spiro atoms. The van der Waals surface area contributed by atoms with Crippen LogP contribution in [0.25, 0.3) is 22.8 Å². The lowest BCUT2D eigenvalue weighted by Gasteiger charge is -1.99. The fraction of sp³-hybridized carbons (Fsp3) is 0. The topological polar surface area (TPSA) is 49.8 Å². The number of nitrogens with zero attached hydrogens (tertiary/aromatic N) is 2. The van der Waals surface area contributed by atoms with Crippen LogP contribution in [0.3, 0.4) is 0 Å². The predicted octanol–water partition coefficient (Wildman–Crippen LogP) is 4.02. The Morgan fingerprint density at radius 2 is 1.90 bits per heavy atom. The smallest absolute Gasteiger partial charge is 0.153 e. The first kappa shape index (κ1) is 12.1. The summed E-state index contributed by atoms with van der Waals surface area (Å²) >= 11 is 0. The zero-order valence-corrected chi connectivity index (χ0v) is 10.4. The average Bonchev–Trinajstić information content (AvgIpc) is 2.97. The lowest BCUT2D eigenvalue weighted by Crippen LogP contribution is -1.82. The summed E-state index contributed by atoms with van der Waals surface area (Å²) in [6, 6.07) is 15.0. The van der Waals surface area contributed by atoms with Gasteiger partial charge < -0.3 is 4.42 Å². The first-order chi connectivity index (χ1) is 9.76. The van der Waals surface area contributed by atoms with E-state index >= 15 is 0 Å². The Morgan fingerprint density at radius 1 is 1.05 bits per heavy atom. The molecule has 0 amide bonds. The molecular weight excluding hydrogens is 255 g/mol. The van der Waals surface area contributed by atoms with E-state index in [4.69, 9.17) is 9.68 Å². The molecule has 3 rings (SSSR count). The molecule has 0 aliphatic heterocycles. The average molecular weight is 264 g/mol. The highest BCUT2D eigenvalue weighted by Gasteiger charge is 2.09. The van der Waals surface area contributed by atoms with E-state index in [2.05, 4.69) is 4.98 Å². The van der Waals surface area contributed by atoms with Gasteiger partial charge in [-0.05, 0) is 42.5 Å². The fourth-order valence-corrected chi connectivity index (χ4v) is 1.94. The Balaban J connectivity index is 2.03. The molecule has 0 saturated carbocycles. The summed E-state index contributed by atoms with van der Waals surface area (Å²) in [6.45, 7) is 0. The van der Waals surface area contributed by atoms with E-state index < -0.39 is 5.82 Å². The van der Waals surface area contributed by atoms with Crippen molar-refractivity contribution in [3.8, 4) is 28.8 Å². The molecule has 0 saturated heterocycles. The van der Waals surface area contributed by atoms with E-state index in [0.717, 1.165) is 0 Å². The fourth-order valence-electron chi connectivity index (χ4n) is 1.94. The number of pyridine rings is 1. The monoisotopic (exact) mass is 264 g/mol. The number of nitriles is 1. The van der Waals surface area contributed by atoms with Crippen LogP contribution in [0.15, 0.2) is 59.1 Å². The first-order valence-corrected chi connectivity index (χ1v) is 5.98. The molecule has 4 heteroatoms. The molecule has 0 aliphatic rings. The number of furan rings is 1. The van der Waals surface area contributed by atoms with Crippen LogP contribution in [-0.4, -0.2) is 4.98 Å². The van der Waals surface area contributed by atoms with Crippen molar-refractivity contribution in [2.75, 3.05) is 0 Å². The maximum absolute atomic E-state index is 13.4. The summed E-state index contributed by atoms with van der Waals surface area (Å²) < 4.78 is 19.1. The standard InChI is InChI=1S/C16H9FN2O/c17-13-8-11(10-18)7-12(9-13)15-4-5-16(20-15)14-3-1-2-6-19-14/h1-9H. The summed E-state index contributed by atoms with van der Waals surface area (Å²) in [6.07, 6.45) is 1.67. The van der Waals surface area contributed by atoms with E-state index in [0.29, 0.717) is 22.8 Å². The van der Waals surface area contributed by atoms with E-state index in [9.17, 15) is 4.39 Å². The molecule has 0 bridgehead atoms. The van der Waals surface area contributed by atoms with Gasteiger partial charge in [-0.3, -0.25) is 4.98 Å². The highest BCUT2D eigenvalue weighted by atomic mass is 19.1. The molecule has 0 N–H and O–H groups in total. The molecule has 20 heavy (non-hydrogen) atoms. The normalized spacial score (nSPS) is 10.2. The summed E-state index contributed by atoms with van der Waals surface area (Å²) in [4.78, 5) is 4.19. The van der Waals surface area contributed by atoms with Crippen molar-refractivity contribution >= 4 is 0 Å². The van der Waals surface area contributed by atoms with Crippen LogP contribution in [0.2, 0.25) is 0 Å². The Bertz CT molecular complexity index is 788. The van der Waals surface area contributed by atoms with Gasteiger partial charge in [0.1, 0.15) is 17.3 Å². The molecule has 2 heterocycles. The first-order valence-electron chi connectivity index (χ1n) is 5.98. The third-order valence-electron chi connectivity index (χ3n) is 2.83. The molecule has 3 nitrogen and oxygen atoms in total. The summed E-state index contributed by atoms with van der Waals surface area (Å²) in [5, 5.41) is 8.86. The van der Waals surface area contributed by atoms with Crippen molar-refractivity contribution in [1.82, 2.24) is 4.98 Å². The van der Waals surface area contributed by atoms with Crippen molar-refractivity contribution in [2.45, 2.75) is 0 Å². The van der Waals surface area contributed by atoms with Crippen LogP contribution in [0.5, 0.6) is 0 Å². The largest absolute Gasteiger partial charge is 0.454 e. The van der Waals surface area contributed by atoms with Gasteiger partial charge in [-0.15, -0.1) is 0 Å². The van der Waals surface area contributed by atoms with Crippen LogP contribution in [0.1, 0.15) is 5.56 Å². The third-order valence-corrected chi connectivity index (χ3v) is 2.83. The number of hydrogen-bond donors (Lipinski definition) is 0. The van der Waals surface area contributed by atoms with Crippen LogP contribution < -0.4 is 0 Å². The van der Waals surface area contributed by atoms with Gasteiger partial charge in [0.15, 0.2) is 5.76 Å². The summed E-state index contributed by atoms with van der Waals surface area (Å²) in [5.41, 5.74) is 1.50. The minimum atomic E-state index is -0.463. The second-order valence-corrected chi connectivity index (χ2v) is 4.22. The summed E-state index contributed by atoms with van der Waals surface area (Å²) in [5.74, 6) is 0.639. The van der Waals surface area contributed by atoms with Gasteiger partial charge >= 0.3 is 0 Å². The zero-order valence-electron chi connectivity index (χ0n) is 10.4. The van der Waals surface area contributed by atoms with Gasteiger partial charge in [-0.25, -0.2) is 4.39 Å². The van der Waals surface area contributed by atoms with Crippen molar-refractivity contribution in [3.63, 3.8) is 0 Å². The molecule has 0 unspecified atom stereocenters.